The molecule has 19 heavy (non-hydrogen) atoms. The molecule has 0 fully saturated rings. The summed E-state index contributed by atoms with van der Waals surface area (Å²) in [5.41, 5.74) is 2.47. The van der Waals surface area contributed by atoms with E-state index in [1.54, 1.807) is 0 Å². The number of carbonyl (C=O) groups is 1. The Morgan fingerprint density at radius 1 is 1.47 bits per heavy atom. The van der Waals surface area contributed by atoms with E-state index in [2.05, 4.69) is 0 Å². The van der Waals surface area contributed by atoms with E-state index in [1.807, 2.05) is 25.1 Å². The van der Waals surface area contributed by atoms with Crippen molar-refractivity contribution in [2.75, 3.05) is 19.8 Å². The maximum atomic E-state index is 11.5. The summed E-state index contributed by atoms with van der Waals surface area (Å²) in [5.74, 6) is 0.923. The number of ether oxygens (including phenoxy) is 2. The zero-order valence-corrected chi connectivity index (χ0v) is 11.2. The van der Waals surface area contributed by atoms with E-state index in [9.17, 15) is 4.79 Å². The zero-order valence-electron chi connectivity index (χ0n) is 11.2. The second-order valence-electron chi connectivity index (χ2n) is 4.68. The Balaban J connectivity index is 2.02. The average molecular weight is 264 g/mol. The van der Waals surface area contributed by atoms with Crippen molar-refractivity contribution >= 4 is 5.97 Å². The number of rotatable bonds is 6. The van der Waals surface area contributed by atoms with E-state index in [1.165, 1.54) is 11.1 Å². The van der Waals surface area contributed by atoms with Crippen LogP contribution in [0.5, 0.6) is 5.75 Å². The standard InChI is InChI=1S/C15H20O4/c1-2-18-15(17)10-12-4-3-11-9-13(19-8-7-16)5-6-14(11)12/h5-6,9,12,16H,2-4,7-8,10H2,1H3/t12-/m0/s1. The van der Waals surface area contributed by atoms with Gasteiger partial charge in [0.1, 0.15) is 12.4 Å². The first-order valence-corrected chi connectivity index (χ1v) is 6.76. The summed E-state index contributed by atoms with van der Waals surface area (Å²) in [4.78, 5) is 11.5. The van der Waals surface area contributed by atoms with Gasteiger partial charge in [-0.25, -0.2) is 0 Å². The minimum atomic E-state index is -0.124. The van der Waals surface area contributed by atoms with Crippen LogP contribution < -0.4 is 4.74 Å². The van der Waals surface area contributed by atoms with Gasteiger partial charge in [0, 0.05) is 0 Å². The topological polar surface area (TPSA) is 55.8 Å². The zero-order chi connectivity index (χ0) is 13.7. The molecule has 1 aliphatic rings. The molecule has 104 valence electrons. The summed E-state index contributed by atoms with van der Waals surface area (Å²) in [6.45, 7) is 2.59. The van der Waals surface area contributed by atoms with E-state index < -0.39 is 0 Å². The molecule has 0 saturated carbocycles. The number of hydrogen-bond donors (Lipinski definition) is 1. The number of fused-ring (bicyclic) bond motifs is 1. The lowest BCUT2D eigenvalue weighted by Crippen LogP contribution is -2.08. The Morgan fingerprint density at radius 3 is 3.05 bits per heavy atom. The van der Waals surface area contributed by atoms with Crippen molar-refractivity contribution < 1.29 is 19.4 Å². The van der Waals surface area contributed by atoms with Crippen LogP contribution in [-0.4, -0.2) is 30.9 Å². The van der Waals surface area contributed by atoms with Gasteiger partial charge >= 0.3 is 5.97 Å². The fourth-order valence-electron chi connectivity index (χ4n) is 2.57. The number of aliphatic hydroxyl groups excluding tert-OH is 1. The summed E-state index contributed by atoms with van der Waals surface area (Å²) < 4.78 is 10.4. The summed E-state index contributed by atoms with van der Waals surface area (Å²) in [6.07, 6.45) is 2.41. The van der Waals surface area contributed by atoms with Crippen LogP contribution in [0.25, 0.3) is 0 Å². The van der Waals surface area contributed by atoms with Crippen LogP contribution in [0.1, 0.15) is 36.8 Å². The van der Waals surface area contributed by atoms with Gasteiger partial charge in [0.25, 0.3) is 0 Å². The molecular weight excluding hydrogens is 244 g/mol. The van der Waals surface area contributed by atoms with Gasteiger partial charge in [-0.2, -0.15) is 0 Å². The molecule has 0 aromatic heterocycles. The number of hydrogen-bond acceptors (Lipinski definition) is 4. The van der Waals surface area contributed by atoms with Gasteiger partial charge < -0.3 is 14.6 Å². The molecule has 0 amide bonds. The summed E-state index contributed by atoms with van der Waals surface area (Å²) in [6, 6.07) is 5.94. The molecule has 4 nitrogen and oxygen atoms in total. The van der Waals surface area contributed by atoms with E-state index in [4.69, 9.17) is 14.6 Å². The molecule has 1 N–H and O–H groups in total. The SMILES string of the molecule is CCOC(=O)C[C@@H]1CCc2cc(OCCO)ccc21. The monoisotopic (exact) mass is 264 g/mol. The first kappa shape index (κ1) is 13.9. The van der Waals surface area contributed by atoms with Crippen LogP contribution in [0.4, 0.5) is 0 Å². The molecule has 0 unspecified atom stereocenters. The third kappa shape index (κ3) is 3.47. The van der Waals surface area contributed by atoms with Gasteiger partial charge in [-0.3, -0.25) is 4.79 Å². The molecule has 2 rings (SSSR count). The molecule has 1 atom stereocenters. The van der Waals surface area contributed by atoms with Crippen LogP contribution in [0, 0.1) is 0 Å². The molecule has 4 heteroatoms. The van der Waals surface area contributed by atoms with Crippen LogP contribution >= 0.6 is 0 Å². The highest BCUT2D eigenvalue weighted by Crippen LogP contribution is 2.37. The Bertz CT molecular complexity index is 442. The van der Waals surface area contributed by atoms with E-state index in [0.29, 0.717) is 19.6 Å². The van der Waals surface area contributed by atoms with Crippen LogP contribution in [-0.2, 0) is 16.0 Å². The molecule has 0 bridgehead atoms. The summed E-state index contributed by atoms with van der Waals surface area (Å²) in [5, 5.41) is 8.74. The summed E-state index contributed by atoms with van der Waals surface area (Å²) >= 11 is 0. The van der Waals surface area contributed by atoms with E-state index in [-0.39, 0.29) is 18.5 Å². The van der Waals surface area contributed by atoms with Crippen LogP contribution in [0.15, 0.2) is 18.2 Å². The van der Waals surface area contributed by atoms with Gasteiger partial charge in [0.05, 0.1) is 19.6 Å². The Morgan fingerprint density at radius 2 is 2.32 bits per heavy atom. The van der Waals surface area contributed by atoms with Crippen LogP contribution in [0.2, 0.25) is 0 Å². The molecule has 0 spiro atoms. The molecule has 0 aliphatic heterocycles. The Kier molecular flexibility index (Phi) is 4.80. The Hall–Kier alpha value is -1.55. The van der Waals surface area contributed by atoms with Gasteiger partial charge in [-0.15, -0.1) is 0 Å². The second kappa shape index (κ2) is 6.57. The van der Waals surface area contributed by atoms with Crippen molar-refractivity contribution in [1.29, 1.82) is 0 Å². The highest BCUT2D eigenvalue weighted by atomic mass is 16.5. The maximum absolute atomic E-state index is 11.5. The van der Waals surface area contributed by atoms with Crippen molar-refractivity contribution in [3.8, 4) is 5.75 Å². The number of aryl methyl sites for hydroxylation is 1. The lowest BCUT2D eigenvalue weighted by Gasteiger charge is -2.11. The first-order chi connectivity index (χ1) is 9.24. The third-order valence-electron chi connectivity index (χ3n) is 3.39. The largest absolute Gasteiger partial charge is 0.491 e. The lowest BCUT2D eigenvalue weighted by atomic mass is 9.98. The number of esters is 1. The average Bonchev–Trinajstić information content (AvgIpc) is 2.79. The van der Waals surface area contributed by atoms with E-state index >= 15 is 0 Å². The quantitative estimate of drug-likeness (QED) is 0.799. The highest BCUT2D eigenvalue weighted by Gasteiger charge is 2.25. The predicted octanol–water partition coefficient (Wildman–Crippen LogP) is 2.04. The summed E-state index contributed by atoms with van der Waals surface area (Å²) in [7, 11) is 0. The fourth-order valence-corrected chi connectivity index (χ4v) is 2.57. The highest BCUT2D eigenvalue weighted by molar-refractivity contribution is 5.71. The van der Waals surface area contributed by atoms with Gasteiger partial charge in [0.15, 0.2) is 0 Å². The lowest BCUT2D eigenvalue weighted by molar-refractivity contribution is -0.143. The van der Waals surface area contributed by atoms with Gasteiger partial charge in [-0.1, -0.05) is 6.07 Å². The van der Waals surface area contributed by atoms with E-state index in [0.717, 1.165) is 18.6 Å². The Labute approximate surface area is 113 Å². The normalized spacial score (nSPS) is 17.1. The molecule has 0 heterocycles. The third-order valence-corrected chi connectivity index (χ3v) is 3.39. The van der Waals surface area contributed by atoms with Gasteiger partial charge in [-0.05, 0) is 48.9 Å². The van der Waals surface area contributed by atoms with Crippen molar-refractivity contribution in [3.05, 3.63) is 29.3 Å². The molecular formula is C15H20O4. The molecule has 1 aromatic rings. The van der Waals surface area contributed by atoms with Crippen molar-refractivity contribution in [1.82, 2.24) is 0 Å². The fraction of sp³-hybridized carbons (Fsp3) is 0.533. The number of carbonyl (C=O) groups excluding carboxylic acids is 1. The maximum Gasteiger partial charge on any atom is 0.306 e. The van der Waals surface area contributed by atoms with Crippen molar-refractivity contribution in [2.45, 2.75) is 32.1 Å². The smallest absolute Gasteiger partial charge is 0.306 e. The molecule has 0 radical (unpaired) electrons. The minimum absolute atomic E-state index is 0.0164. The van der Waals surface area contributed by atoms with Crippen LogP contribution in [0.3, 0.4) is 0 Å². The molecule has 1 aromatic carbocycles. The predicted molar refractivity (Wildman–Crippen MR) is 71.3 cm³/mol. The van der Waals surface area contributed by atoms with Gasteiger partial charge in [0.2, 0.25) is 0 Å². The first-order valence-electron chi connectivity index (χ1n) is 6.76. The van der Waals surface area contributed by atoms with Crippen molar-refractivity contribution in [3.63, 3.8) is 0 Å². The number of benzene rings is 1. The molecule has 1 aliphatic carbocycles. The minimum Gasteiger partial charge on any atom is -0.491 e. The molecule has 0 saturated heterocycles. The van der Waals surface area contributed by atoms with Crippen molar-refractivity contribution in [2.24, 2.45) is 0 Å². The second-order valence-corrected chi connectivity index (χ2v) is 4.68. The number of aliphatic hydroxyl groups is 1.